The van der Waals surface area contributed by atoms with Crippen molar-refractivity contribution in [3.63, 3.8) is 0 Å². The molecule has 0 aliphatic carbocycles. The highest BCUT2D eigenvalue weighted by atomic mass is 32.1. The standard InChI is InChI=1S/C25H34N4O5S/c1-14-21(35-13-26-14)17-8-6-16(7-9-17)19(12-30)28-23(33)20-10-18(32)11-29(20)24(34)22(25(3,4)5)27-15(2)31/h6-9,13,18-20,22,30,32H,10-12H2,1-5H3,(H,27,31)(H,28,33). The maximum absolute atomic E-state index is 13.4. The van der Waals surface area contributed by atoms with Gasteiger partial charge >= 0.3 is 0 Å². The fourth-order valence-electron chi connectivity index (χ4n) is 4.27. The van der Waals surface area contributed by atoms with Crippen LogP contribution in [0.4, 0.5) is 0 Å². The van der Waals surface area contributed by atoms with E-state index >= 15 is 0 Å². The second kappa shape index (κ2) is 10.8. The van der Waals surface area contributed by atoms with E-state index in [2.05, 4.69) is 15.6 Å². The Morgan fingerprint density at radius 2 is 1.86 bits per heavy atom. The highest BCUT2D eigenvalue weighted by Crippen LogP contribution is 2.29. The largest absolute Gasteiger partial charge is 0.394 e. The number of aliphatic hydroxyl groups is 2. The van der Waals surface area contributed by atoms with Crippen molar-refractivity contribution in [2.75, 3.05) is 13.2 Å². The number of aromatic nitrogens is 1. The normalized spacial score (nSPS) is 19.8. The minimum absolute atomic E-state index is 0.00419. The molecule has 1 aliphatic rings. The Balaban J connectivity index is 1.76. The third kappa shape index (κ3) is 6.25. The van der Waals surface area contributed by atoms with Gasteiger partial charge < -0.3 is 25.7 Å². The molecule has 4 unspecified atom stereocenters. The Labute approximate surface area is 209 Å². The molecule has 2 heterocycles. The molecular weight excluding hydrogens is 468 g/mol. The maximum Gasteiger partial charge on any atom is 0.246 e. The van der Waals surface area contributed by atoms with E-state index in [4.69, 9.17) is 0 Å². The average Bonchev–Trinajstić information content (AvgIpc) is 3.40. The van der Waals surface area contributed by atoms with E-state index in [9.17, 15) is 24.6 Å². The summed E-state index contributed by atoms with van der Waals surface area (Å²) in [6.45, 7) is 8.42. The summed E-state index contributed by atoms with van der Waals surface area (Å²) in [5.74, 6) is -1.24. The molecule has 1 saturated heterocycles. The van der Waals surface area contributed by atoms with E-state index in [1.165, 1.54) is 11.8 Å². The lowest BCUT2D eigenvalue weighted by molar-refractivity contribution is -0.144. The molecule has 0 bridgehead atoms. The lowest BCUT2D eigenvalue weighted by atomic mass is 9.85. The summed E-state index contributed by atoms with van der Waals surface area (Å²) in [7, 11) is 0. The summed E-state index contributed by atoms with van der Waals surface area (Å²) < 4.78 is 0. The number of nitrogens with zero attached hydrogens (tertiary/aromatic N) is 2. The number of hydrogen-bond acceptors (Lipinski definition) is 7. The highest BCUT2D eigenvalue weighted by molar-refractivity contribution is 7.13. The summed E-state index contributed by atoms with van der Waals surface area (Å²) in [6.07, 6.45) is -0.780. The second-order valence-electron chi connectivity index (χ2n) is 10.0. The number of carbonyl (C=O) groups is 3. The summed E-state index contributed by atoms with van der Waals surface area (Å²) in [5.41, 5.74) is 3.84. The molecule has 1 aliphatic heterocycles. The number of thiazole rings is 1. The fraction of sp³-hybridized carbons (Fsp3) is 0.520. The number of carbonyl (C=O) groups excluding carboxylic acids is 3. The quantitative estimate of drug-likeness (QED) is 0.456. The van der Waals surface area contributed by atoms with Gasteiger partial charge in [0, 0.05) is 19.9 Å². The minimum Gasteiger partial charge on any atom is -0.394 e. The third-order valence-electron chi connectivity index (χ3n) is 6.15. The van der Waals surface area contributed by atoms with Crippen LogP contribution in [0.25, 0.3) is 10.4 Å². The fourth-order valence-corrected chi connectivity index (χ4v) is 5.08. The van der Waals surface area contributed by atoms with Gasteiger partial charge in [-0.05, 0) is 23.5 Å². The van der Waals surface area contributed by atoms with Gasteiger partial charge in [0.1, 0.15) is 12.1 Å². The van der Waals surface area contributed by atoms with Crippen molar-refractivity contribution in [3.8, 4) is 10.4 Å². The predicted molar refractivity (Wildman–Crippen MR) is 133 cm³/mol. The Kier molecular flexibility index (Phi) is 8.30. The number of benzene rings is 1. The molecule has 4 N–H and O–H groups in total. The number of hydrogen-bond donors (Lipinski definition) is 4. The molecule has 35 heavy (non-hydrogen) atoms. The Morgan fingerprint density at radius 1 is 1.20 bits per heavy atom. The van der Waals surface area contributed by atoms with Crippen LogP contribution in [0.15, 0.2) is 29.8 Å². The monoisotopic (exact) mass is 502 g/mol. The SMILES string of the molecule is CC(=O)NC(C(=O)N1CC(O)CC1C(=O)NC(CO)c1ccc(-c2scnc2C)cc1)C(C)(C)C. The van der Waals surface area contributed by atoms with E-state index in [1.54, 1.807) is 16.8 Å². The van der Waals surface area contributed by atoms with Crippen LogP contribution >= 0.6 is 11.3 Å². The smallest absolute Gasteiger partial charge is 0.246 e. The van der Waals surface area contributed by atoms with Gasteiger partial charge in [0.15, 0.2) is 0 Å². The molecular formula is C25H34N4O5S. The molecule has 0 saturated carbocycles. The number of nitrogens with one attached hydrogen (secondary N) is 2. The molecule has 0 radical (unpaired) electrons. The number of β-amino-alcohol motifs (C(OH)–C–C–N with tert-alkyl or cyclic N) is 1. The molecule has 10 heteroatoms. The van der Waals surface area contributed by atoms with E-state index in [0.29, 0.717) is 5.56 Å². The summed E-state index contributed by atoms with van der Waals surface area (Å²) in [6, 6.07) is 5.08. The van der Waals surface area contributed by atoms with E-state index < -0.39 is 41.5 Å². The molecule has 1 fully saturated rings. The third-order valence-corrected chi connectivity index (χ3v) is 7.12. The van der Waals surface area contributed by atoms with Gasteiger partial charge in [-0.15, -0.1) is 11.3 Å². The number of aryl methyl sites for hydroxylation is 1. The second-order valence-corrected chi connectivity index (χ2v) is 10.9. The van der Waals surface area contributed by atoms with Gasteiger partial charge in [-0.3, -0.25) is 14.4 Å². The first-order valence-electron chi connectivity index (χ1n) is 11.6. The van der Waals surface area contributed by atoms with E-state index in [1.807, 2.05) is 52.0 Å². The van der Waals surface area contributed by atoms with E-state index in [0.717, 1.165) is 16.1 Å². The summed E-state index contributed by atoms with van der Waals surface area (Å²) >= 11 is 1.54. The number of aliphatic hydroxyl groups excluding tert-OH is 2. The maximum atomic E-state index is 13.4. The molecule has 190 valence electrons. The average molecular weight is 503 g/mol. The number of likely N-dealkylation sites (tertiary alicyclic amines) is 1. The van der Waals surface area contributed by atoms with E-state index in [-0.39, 0.29) is 25.5 Å². The number of amides is 3. The van der Waals surface area contributed by atoms with Crippen molar-refractivity contribution in [2.24, 2.45) is 5.41 Å². The molecule has 3 amide bonds. The molecule has 4 atom stereocenters. The van der Waals surface area contributed by atoms with Gasteiger partial charge in [-0.2, -0.15) is 0 Å². The van der Waals surface area contributed by atoms with Crippen LogP contribution in [0, 0.1) is 12.3 Å². The highest BCUT2D eigenvalue weighted by Gasteiger charge is 2.44. The molecule has 1 aromatic heterocycles. The Bertz CT molecular complexity index is 1060. The first-order chi connectivity index (χ1) is 16.4. The molecule has 9 nitrogen and oxygen atoms in total. The first-order valence-corrected chi connectivity index (χ1v) is 12.5. The van der Waals surface area contributed by atoms with Crippen molar-refractivity contribution < 1.29 is 24.6 Å². The zero-order chi connectivity index (χ0) is 25.9. The van der Waals surface area contributed by atoms with Gasteiger partial charge in [0.2, 0.25) is 17.7 Å². The van der Waals surface area contributed by atoms with Crippen molar-refractivity contribution in [1.29, 1.82) is 0 Å². The molecule has 2 aromatic rings. The lowest BCUT2D eigenvalue weighted by Crippen LogP contribution is -2.57. The van der Waals surface area contributed by atoms with Crippen molar-refractivity contribution in [1.82, 2.24) is 20.5 Å². The molecule has 1 aromatic carbocycles. The van der Waals surface area contributed by atoms with Crippen LogP contribution in [-0.4, -0.2) is 69.2 Å². The van der Waals surface area contributed by atoms with Crippen molar-refractivity contribution in [3.05, 3.63) is 41.0 Å². The Morgan fingerprint density at radius 3 is 2.37 bits per heavy atom. The van der Waals surface area contributed by atoms with Crippen LogP contribution < -0.4 is 10.6 Å². The predicted octanol–water partition coefficient (Wildman–Crippen LogP) is 1.78. The van der Waals surface area contributed by atoms with Gasteiger partial charge in [0.05, 0.1) is 34.8 Å². The summed E-state index contributed by atoms with van der Waals surface area (Å²) in [5, 5.41) is 25.8. The summed E-state index contributed by atoms with van der Waals surface area (Å²) in [4.78, 5) is 44.9. The van der Waals surface area contributed by atoms with Gasteiger partial charge in [0.25, 0.3) is 0 Å². The number of rotatable bonds is 7. The Hall–Kier alpha value is -2.82. The first kappa shape index (κ1) is 26.8. The van der Waals surface area contributed by atoms with Crippen LogP contribution in [-0.2, 0) is 14.4 Å². The topological polar surface area (TPSA) is 132 Å². The van der Waals surface area contributed by atoms with Gasteiger partial charge in [-0.25, -0.2) is 4.98 Å². The van der Waals surface area contributed by atoms with Crippen LogP contribution in [0.5, 0.6) is 0 Å². The van der Waals surface area contributed by atoms with Crippen LogP contribution in [0.3, 0.4) is 0 Å². The zero-order valence-corrected chi connectivity index (χ0v) is 21.6. The molecule has 3 rings (SSSR count). The van der Waals surface area contributed by atoms with Crippen LogP contribution in [0.1, 0.15) is 51.4 Å². The minimum atomic E-state index is -0.913. The molecule has 0 spiro atoms. The van der Waals surface area contributed by atoms with Crippen molar-refractivity contribution in [2.45, 2.75) is 65.3 Å². The van der Waals surface area contributed by atoms with Crippen LogP contribution in [0.2, 0.25) is 0 Å². The zero-order valence-electron chi connectivity index (χ0n) is 20.7. The van der Waals surface area contributed by atoms with Crippen molar-refractivity contribution >= 4 is 29.1 Å². The lowest BCUT2D eigenvalue weighted by Gasteiger charge is -2.35. The van der Waals surface area contributed by atoms with Gasteiger partial charge in [-0.1, -0.05) is 45.0 Å².